The number of anilines is 1. The van der Waals surface area contributed by atoms with Gasteiger partial charge in [0.05, 0.1) is 38.3 Å². The molecule has 0 fully saturated rings. The highest BCUT2D eigenvalue weighted by atomic mass is 35.5. The van der Waals surface area contributed by atoms with Crippen molar-refractivity contribution in [3.63, 3.8) is 0 Å². The molecule has 0 aromatic heterocycles. The molecule has 2 aromatic rings. The highest BCUT2D eigenvalue weighted by Gasteiger charge is 2.36. The smallest absolute Gasteiger partial charge is 0.251 e. The van der Waals surface area contributed by atoms with Crippen molar-refractivity contribution in [3.05, 3.63) is 58.6 Å². The van der Waals surface area contributed by atoms with E-state index in [9.17, 15) is 4.79 Å². The van der Waals surface area contributed by atoms with E-state index in [1.165, 1.54) is 0 Å². The van der Waals surface area contributed by atoms with Crippen LogP contribution in [0, 0.1) is 0 Å². The summed E-state index contributed by atoms with van der Waals surface area (Å²) in [5, 5.41) is 4.03. The molecule has 1 amide bonds. The van der Waals surface area contributed by atoms with Crippen LogP contribution in [0.5, 0.6) is 5.75 Å². The van der Waals surface area contributed by atoms with Crippen LogP contribution in [0.1, 0.15) is 69.8 Å². The summed E-state index contributed by atoms with van der Waals surface area (Å²) in [4.78, 5) is 13.1. The van der Waals surface area contributed by atoms with Gasteiger partial charge in [0.1, 0.15) is 5.75 Å². The molecule has 0 aliphatic carbocycles. The summed E-state index contributed by atoms with van der Waals surface area (Å²) in [6, 6.07) is 14.1. The summed E-state index contributed by atoms with van der Waals surface area (Å²) < 4.78 is 6.20. The van der Waals surface area contributed by atoms with Gasteiger partial charge in [-0.3, -0.25) is 4.79 Å². The minimum atomic E-state index is -0.0306. The van der Waals surface area contributed by atoms with E-state index in [2.05, 4.69) is 39.9 Å². The lowest BCUT2D eigenvalue weighted by molar-refractivity contribution is -0.966. The first-order chi connectivity index (χ1) is 16.1. The van der Waals surface area contributed by atoms with Crippen LogP contribution in [0.4, 0.5) is 5.69 Å². The highest BCUT2D eigenvalue weighted by Crippen LogP contribution is 2.23. The number of carbonyl (C=O) groups excluding carboxylic acids is 1. The van der Waals surface area contributed by atoms with E-state index in [1.54, 1.807) is 13.2 Å². The van der Waals surface area contributed by atoms with E-state index >= 15 is 0 Å². The first-order valence-electron chi connectivity index (χ1n) is 12.5. The number of amides is 1. The first-order valence-corrected chi connectivity index (χ1v) is 12.8. The number of rotatable bonds is 13. The lowest BCUT2D eigenvalue weighted by atomic mass is 10.0. The van der Waals surface area contributed by atoms with Gasteiger partial charge in [-0.05, 0) is 102 Å². The molecule has 0 spiro atoms. The Kier molecular flexibility index (Phi) is 12.9. The van der Waals surface area contributed by atoms with Gasteiger partial charge in [0, 0.05) is 16.3 Å². The maximum atomic E-state index is 13.1. The minimum Gasteiger partial charge on any atom is -1.00 e. The summed E-state index contributed by atoms with van der Waals surface area (Å²) in [5.41, 5.74) is 8.46. The van der Waals surface area contributed by atoms with Gasteiger partial charge in [0.25, 0.3) is 5.91 Å². The number of quaternary nitrogens is 1. The molecule has 0 radical (unpaired) electrons. The number of nitrogen functional groups attached to an aromatic ring is 1. The number of halogens is 2. The zero-order valence-corrected chi connectivity index (χ0v) is 23.6. The predicted octanol–water partition coefficient (Wildman–Crippen LogP) is 3.10. The molecule has 0 bridgehead atoms. The van der Waals surface area contributed by atoms with E-state index in [0.717, 1.165) is 54.6 Å². The summed E-state index contributed by atoms with van der Waals surface area (Å²) in [6.45, 7) is 13.4. The number of nitrogens with two attached hydrogens (primary N) is 1. The molecule has 7 heteroatoms. The summed E-state index contributed by atoms with van der Waals surface area (Å²) in [7, 11) is 1.63. The Bertz CT molecular complexity index is 889. The second-order valence-corrected chi connectivity index (χ2v) is 10.3. The fraction of sp³-hybridized carbons (Fsp3) is 0.536. The maximum absolute atomic E-state index is 13.1. The van der Waals surface area contributed by atoms with Crippen LogP contribution < -0.4 is 28.2 Å². The SMILES string of the molecule is CC[N+](CC(CCCCc1cc(N)cc(Cl)c1)NC(=O)c1ccc(OC)cc1)(C(C)C)C(C)C.[Cl-]. The number of likely N-dealkylation sites (N-methyl/N-ethyl adjacent to an activating group) is 1. The average molecular weight is 525 g/mol. The Morgan fingerprint density at radius 1 is 1.06 bits per heavy atom. The number of hydrogen-bond donors (Lipinski definition) is 2. The zero-order chi connectivity index (χ0) is 25.3. The normalized spacial score (nSPS) is 12.4. The molecule has 1 atom stereocenters. The van der Waals surface area contributed by atoms with Crippen molar-refractivity contribution in [2.75, 3.05) is 25.9 Å². The first kappa shape index (κ1) is 31.1. The molecule has 5 nitrogen and oxygen atoms in total. The van der Waals surface area contributed by atoms with Crippen molar-refractivity contribution in [1.29, 1.82) is 0 Å². The molecular formula is C28H43Cl2N3O2. The fourth-order valence-electron chi connectivity index (χ4n) is 5.05. The number of ether oxygens (including phenoxy) is 1. The summed E-state index contributed by atoms with van der Waals surface area (Å²) in [5.74, 6) is 0.716. The molecule has 0 saturated heterocycles. The summed E-state index contributed by atoms with van der Waals surface area (Å²) in [6.07, 6.45) is 3.88. The van der Waals surface area contributed by atoms with Crippen molar-refractivity contribution < 1.29 is 26.4 Å². The van der Waals surface area contributed by atoms with Crippen LogP contribution in [0.25, 0.3) is 0 Å². The van der Waals surface area contributed by atoms with Gasteiger partial charge in [0.15, 0.2) is 0 Å². The molecule has 1 unspecified atom stereocenters. The third-order valence-electron chi connectivity index (χ3n) is 7.14. The van der Waals surface area contributed by atoms with Crippen LogP contribution in [-0.4, -0.2) is 48.7 Å². The van der Waals surface area contributed by atoms with Gasteiger partial charge in [-0.25, -0.2) is 0 Å². The largest absolute Gasteiger partial charge is 1.00 e. The third kappa shape index (κ3) is 8.89. The molecular weight excluding hydrogens is 481 g/mol. The lowest BCUT2D eigenvalue weighted by Gasteiger charge is -2.47. The maximum Gasteiger partial charge on any atom is 0.251 e. The molecule has 2 aromatic carbocycles. The van der Waals surface area contributed by atoms with Gasteiger partial charge in [-0.1, -0.05) is 18.0 Å². The van der Waals surface area contributed by atoms with Crippen molar-refractivity contribution in [3.8, 4) is 5.75 Å². The van der Waals surface area contributed by atoms with Crippen LogP contribution in [-0.2, 0) is 6.42 Å². The number of hydrogen-bond acceptors (Lipinski definition) is 3. The second kappa shape index (κ2) is 14.6. The Morgan fingerprint density at radius 2 is 1.69 bits per heavy atom. The Morgan fingerprint density at radius 3 is 2.20 bits per heavy atom. The fourth-order valence-corrected chi connectivity index (χ4v) is 5.31. The zero-order valence-electron chi connectivity index (χ0n) is 22.1. The van der Waals surface area contributed by atoms with Crippen molar-refractivity contribution >= 4 is 23.2 Å². The van der Waals surface area contributed by atoms with E-state index in [-0.39, 0.29) is 24.4 Å². The van der Waals surface area contributed by atoms with E-state index < -0.39 is 0 Å². The van der Waals surface area contributed by atoms with Crippen molar-refractivity contribution in [1.82, 2.24) is 5.32 Å². The highest BCUT2D eigenvalue weighted by molar-refractivity contribution is 6.30. The van der Waals surface area contributed by atoms with E-state index in [4.69, 9.17) is 22.1 Å². The van der Waals surface area contributed by atoms with Gasteiger partial charge >= 0.3 is 0 Å². The molecule has 0 saturated carbocycles. The van der Waals surface area contributed by atoms with Gasteiger partial charge in [0.2, 0.25) is 0 Å². The van der Waals surface area contributed by atoms with Crippen LogP contribution in [0.2, 0.25) is 5.02 Å². The Balaban J connectivity index is 0.00000612. The quantitative estimate of drug-likeness (QED) is 0.241. The van der Waals surface area contributed by atoms with Gasteiger partial charge < -0.3 is 32.7 Å². The molecule has 0 heterocycles. The van der Waals surface area contributed by atoms with Crippen molar-refractivity contribution in [2.24, 2.45) is 0 Å². The molecule has 3 N–H and O–H groups in total. The summed E-state index contributed by atoms with van der Waals surface area (Å²) >= 11 is 6.16. The Hall–Kier alpha value is -1.95. The predicted molar refractivity (Wildman–Crippen MR) is 144 cm³/mol. The van der Waals surface area contributed by atoms with Gasteiger partial charge in [-0.15, -0.1) is 0 Å². The lowest BCUT2D eigenvalue weighted by Crippen LogP contribution is -3.00. The van der Waals surface area contributed by atoms with E-state index in [1.807, 2.05) is 36.4 Å². The van der Waals surface area contributed by atoms with Crippen molar-refractivity contribution in [2.45, 2.75) is 78.4 Å². The molecule has 2 rings (SSSR count). The number of nitrogens with zero attached hydrogens (tertiary/aromatic N) is 1. The molecule has 0 aliphatic rings. The number of methoxy groups -OCH3 is 1. The molecule has 35 heavy (non-hydrogen) atoms. The second-order valence-electron chi connectivity index (χ2n) is 9.83. The number of benzene rings is 2. The monoisotopic (exact) mass is 523 g/mol. The number of aryl methyl sites for hydroxylation is 1. The Labute approximate surface area is 223 Å². The van der Waals surface area contributed by atoms with Gasteiger partial charge in [-0.2, -0.15) is 0 Å². The molecule has 196 valence electrons. The number of carbonyl (C=O) groups is 1. The molecule has 0 aliphatic heterocycles. The number of nitrogens with one attached hydrogen (secondary N) is 1. The van der Waals surface area contributed by atoms with Crippen LogP contribution >= 0.6 is 11.6 Å². The average Bonchev–Trinajstić information content (AvgIpc) is 2.78. The minimum absolute atomic E-state index is 0. The standard InChI is InChI=1S/C28H42ClN3O2.ClH/c1-7-32(20(2)3,21(4)5)19-26(31-28(33)23-12-14-27(34-6)15-13-23)11-9-8-10-22-16-24(29)18-25(30)17-22;/h12-18,20-21,26H,7-11,19,30H2,1-6H3;1H. The van der Waals surface area contributed by atoms with E-state index in [0.29, 0.717) is 28.4 Å². The number of unbranched alkanes of at least 4 members (excludes halogenated alkanes) is 1. The van der Waals surface area contributed by atoms with Crippen LogP contribution in [0.3, 0.4) is 0 Å². The third-order valence-corrected chi connectivity index (χ3v) is 7.36. The van der Waals surface area contributed by atoms with Crippen LogP contribution in [0.15, 0.2) is 42.5 Å². The topological polar surface area (TPSA) is 64.3 Å².